The highest BCUT2D eigenvalue weighted by Gasteiger charge is 2.33. The lowest BCUT2D eigenvalue weighted by atomic mass is 9.88. The number of hydrogen-bond acceptors (Lipinski definition) is 3. The topological polar surface area (TPSA) is 63.6 Å². The zero-order valence-electron chi connectivity index (χ0n) is 8.95. The van der Waals surface area contributed by atoms with Crippen molar-refractivity contribution in [1.29, 1.82) is 0 Å². The van der Waals surface area contributed by atoms with Crippen molar-refractivity contribution in [3.8, 4) is 0 Å². The summed E-state index contributed by atoms with van der Waals surface area (Å²) in [5, 5.41) is 8.90. The number of hydrogen-bond donors (Lipinski definition) is 1. The van der Waals surface area contributed by atoms with Crippen LogP contribution in [0.4, 0.5) is 0 Å². The molecule has 0 saturated heterocycles. The molecule has 0 rings (SSSR count). The normalized spacial score (nSPS) is 12.6. The minimum atomic E-state index is -1.09. The molecule has 1 atom stereocenters. The highest BCUT2D eigenvalue weighted by Crippen LogP contribution is 2.21. The first-order valence-corrected chi connectivity index (χ1v) is 4.97. The van der Waals surface area contributed by atoms with Crippen LogP contribution in [0, 0.1) is 11.8 Å². The minimum Gasteiger partial charge on any atom is -0.481 e. The van der Waals surface area contributed by atoms with Crippen LogP contribution < -0.4 is 0 Å². The van der Waals surface area contributed by atoms with Gasteiger partial charge < -0.3 is 9.84 Å². The van der Waals surface area contributed by atoms with E-state index in [1.807, 2.05) is 13.8 Å². The van der Waals surface area contributed by atoms with Gasteiger partial charge in [-0.25, -0.2) is 0 Å². The third-order valence-corrected chi connectivity index (χ3v) is 2.33. The van der Waals surface area contributed by atoms with Crippen LogP contribution in [0.2, 0.25) is 0 Å². The Morgan fingerprint density at radius 3 is 2.00 bits per heavy atom. The molecule has 0 aromatic carbocycles. The summed E-state index contributed by atoms with van der Waals surface area (Å²) in [6.07, 6.45) is 1.35. The van der Waals surface area contributed by atoms with Gasteiger partial charge in [-0.2, -0.15) is 0 Å². The van der Waals surface area contributed by atoms with Gasteiger partial charge in [0.2, 0.25) is 0 Å². The standard InChI is InChI=1S/C10H18O4/c1-4-7(5-2)8(9(11)12)10(13)14-6-3/h7-8H,4-6H2,1-3H3,(H,11,12). The van der Waals surface area contributed by atoms with Crippen LogP contribution >= 0.6 is 0 Å². The molecule has 0 bridgehead atoms. The van der Waals surface area contributed by atoms with E-state index in [1.54, 1.807) is 6.92 Å². The third kappa shape index (κ3) is 3.36. The highest BCUT2D eigenvalue weighted by atomic mass is 16.5. The first kappa shape index (κ1) is 12.9. The SMILES string of the molecule is CCOC(=O)C(C(=O)O)C(CC)CC. The van der Waals surface area contributed by atoms with E-state index in [9.17, 15) is 9.59 Å². The summed E-state index contributed by atoms with van der Waals surface area (Å²) < 4.78 is 4.73. The van der Waals surface area contributed by atoms with Crippen molar-refractivity contribution in [3.05, 3.63) is 0 Å². The molecule has 0 heterocycles. The number of carboxylic acids is 1. The highest BCUT2D eigenvalue weighted by molar-refractivity contribution is 5.94. The molecule has 0 radical (unpaired) electrons. The molecule has 82 valence electrons. The van der Waals surface area contributed by atoms with E-state index in [1.165, 1.54) is 0 Å². The minimum absolute atomic E-state index is 0.133. The molecule has 4 heteroatoms. The number of carboxylic acid groups (broad SMARTS) is 1. The summed E-state index contributed by atoms with van der Waals surface area (Å²) in [4.78, 5) is 22.2. The number of ether oxygens (including phenoxy) is 1. The second kappa shape index (κ2) is 6.40. The van der Waals surface area contributed by atoms with Crippen LogP contribution in [0.5, 0.6) is 0 Å². The fourth-order valence-corrected chi connectivity index (χ4v) is 1.49. The van der Waals surface area contributed by atoms with Crippen molar-refractivity contribution in [3.63, 3.8) is 0 Å². The second-order valence-electron chi connectivity index (χ2n) is 3.14. The average molecular weight is 202 g/mol. The van der Waals surface area contributed by atoms with Crippen molar-refractivity contribution >= 4 is 11.9 Å². The van der Waals surface area contributed by atoms with E-state index >= 15 is 0 Å². The predicted octanol–water partition coefficient (Wildman–Crippen LogP) is 1.69. The lowest BCUT2D eigenvalue weighted by Gasteiger charge is -2.19. The van der Waals surface area contributed by atoms with Crippen molar-refractivity contribution in [2.45, 2.75) is 33.6 Å². The first-order chi connectivity index (χ1) is 6.58. The van der Waals surface area contributed by atoms with Gasteiger partial charge in [-0.1, -0.05) is 26.7 Å². The summed E-state index contributed by atoms with van der Waals surface area (Å²) in [6.45, 7) is 5.65. The van der Waals surface area contributed by atoms with Gasteiger partial charge in [0.1, 0.15) is 0 Å². The molecular weight excluding hydrogens is 184 g/mol. The molecule has 0 aliphatic carbocycles. The van der Waals surface area contributed by atoms with Crippen LogP contribution in [0.3, 0.4) is 0 Å². The molecular formula is C10H18O4. The molecule has 14 heavy (non-hydrogen) atoms. The van der Waals surface area contributed by atoms with Crippen molar-refractivity contribution < 1.29 is 19.4 Å². The number of esters is 1. The quantitative estimate of drug-likeness (QED) is 0.526. The average Bonchev–Trinajstić information content (AvgIpc) is 2.13. The molecule has 0 aromatic rings. The van der Waals surface area contributed by atoms with Gasteiger partial charge in [0, 0.05) is 0 Å². The number of rotatable bonds is 6. The van der Waals surface area contributed by atoms with Gasteiger partial charge in [0.05, 0.1) is 6.61 Å². The van der Waals surface area contributed by atoms with Gasteiger partial charge in [0.15, 0.2) is 5.92 Å². The number of carbonyl (C=O) groups is 2. The number of carbonyl (C=O) groups excluding carboxylic acids is 1. The Hall–Kier alpha value is -1.06. The molecule has 0 spiro atoms. The van der Waals surface area contributed by atoms with Crippen molar-refractivity contribution in [2.24, 2.45) is 11.8 Å². The molecule has 0 fully saturated rings. The van der Waals surface area contributed by atoms with E-state index in [2.05, 4.69) is 0 Å². The van der Waals surface area contributed by atoms with Gasteiger partial charge in [0.25, 0.3) is 0 Å². The zero-order valence-corrected chi connectivity index (χ0v) is 8.95. The van der Waals surface area contributed by atoms with Crippen LogP contribution in [-0.4, -0.2) is 23.7 Å². The lowest BCUT2D eigenvalue weighted by molar-refractivity contribution is -0.161. The monoisotopic (exact) mass is 202 g/mol. The fraction of sp³-hybridized carbons (Fsp3) is 0.800. The van der Waals surface area contributed by atoms with Crippen molar-refractivity contribution in [2.75, 3.05) is 6.61 Å². The van der Waals surface area contributed by atoms with Gasteiger partial charge in [-0.05, 0) is 12.8 Å². The fourth-order valence-electron chi connectivity index (χ4n) is 1.49. The summed E-state index contributed by atoms with van der Waals surface area (Å²) in [7, 11) is 0. The third-order valence-electron chi connectivity index (χ3n) is 2.33. The Bertz CT molecular complexity index is 196. The molecule has 4 nitrogen and oxygen atoms in total. The molecule has 0 amide bonds. The van der Waals surface area contributed by atoms with E-state index in [-0.39, 0.29) is 12.5 Å². The molecule has 1 N–H and O–H groups in total. The maximum absolute atomic E-state index is 11.3. The predicted molar refractivity (Wildman–Crippen MR) is 51.8 cm³/mol. The Morgan fingerprint density at radius 1 is 1.21 bits per heavy atom. The smallest absolute Gasteiger partial charge is 0.320 e. The first-order valence-electron chi connectivity index (χ1n) is 4.97. The maximum atomic E-state index is 11.3. The molecule has 1 unspecified atom stereocenters. The maximum Gasteiger partial charge on any atom is 0.320 e. The summed E-state index contributed by atoms with van der Waals surface area (Å²) >= 11 is 0. The summed E-state index contributed by atoms with van der Waals surface area (Å²) in [6, 6.07) is 0. The molecule has 0 aromatic heterocycles. The van der Waals surface area contributed by atoms with E-state index in [0.717, 1.165) is 0 Å². The Kier molecular flexibility index (Phi) is 5.92. The van der Waals surface area contributed by atoms with E-state index < -0.39 is 17.9 Å². The van der Waals surface area contributed by atoms with Gasteiger partial charge in [-0.3, -0.25) is 9.59 Å². The van der Waals surface area contributed by atoms with Gasteiger partial charge in [-0.15, -0.1) is 0 Å². The van der Waals surface area contributed by atoms with Crippen LogP contribution in [0.15, 0.2) is 0 Å². The van der Waals surface area contributed by atoms with Gasteiger partial charge >= 0.3 is 11.9 Å². The Labute approximate surface area is 84.3 Å². The van der Waals surface area contributed by atoms with E-state index in [4.69, 9.17) is 9.84 Å². The lowest BCUT2D eigenvalue weighted by Crippen LogP contribution is -2.32. The number of aliphatic carboxylic acids is 1. The second-order valence-corrected chi connectivity index (χ2v) is 3.14. The Balaban J connectivity index is 4.57. The summed E-state index contributed by atoms with van der Waals surface area (Å²) in [5.74, 6) is -2.85. The zero-order chi connectivity index (χ0) is 11.1. The largest absolute Gasteiger partial charge is 0.481 e. The van der Waals surface area contributed by atoms with Crippen LogP contribution in [0.1, 0.15) is 33.6 Å². The Morgan fingerprint density at radius 2 is 1.71 bits per heavy atom. The van der Waals surface area contributed by atoms with Crippen LogP contribution in [0.25, 0.3) is 0 Å². The van der Waals surface area contributed by atoms with E-state index in [0.29, 0.717) is 12.8 Å². The summed E-state index contributed by atoms with van der Waals surface area (Å²) in [5.41, 5.74) is 0. The molecule has 0 aliphatic heterocycles. The molecule has 0 saturated carbocycles. The molecule has 0 aliphatic rings. The van der Waals surface area contributed by atoms with Crippen molar-refractivity contribution in [1.82, 2.24) is 0 Å². The van der Waals surface area contributed by atoms with Crippen LogP contribution in [-0.2, 0) is 14.3 Å².